The minimum atomic E-state index is -1.29. The van der Waals surface area contributed by atoms with Crippen LogP contribution in [-0.4, -0.2) is 11.7 Å². The second kappa shape index (κ2) is 4.04. The summed E-state index contributed by atoms with van der Waals surface area (Å²) in [4.78, 5) is 21.5. The molecule has 0 aliphatic carbocycles. The van der Waals surface area contributed by atoms with Crippen molar-refractivity contribution in [1.82, 2.24) is 0 Å². The van der Waals surface area contributed by atoms with Crippen LogP contribution < -0.4 is 11.1 Å². The van der Waals surface area contributed by atoms with Gasteiger partial charge in [0.1, 0.15) is 5.69 Å². The van der Waals surface area contributed by atoms with Crippen molar-refractivity contribution in [2.45, 2.75) is 6.92 Å². The number of anilines is 2. The third-order valence-corrected chi connectivity index (χ3v) is 1.69. The van der Waals surface area contributed by atoms with Gasteiger partial charge in [-0.25, -0.2) is 8.78 Å². The largest absolute Gasteiger partial charge is 0.397 e. The molecule has 0 aliphatic heterocycles. The van der Waals surface area contributed by atoms with Crippen LogP contribution in [0.1, 0.15) is 6.92 Å². The lowest BCUT2D eigenvalue weighted by atomic mass is 10.2. The average Bonchev–Trinajstić information content (AvgIpc) is 2.18. The quantitative estimate of drug-likeness (QED) is 0.571. The lowest BCUT2D eigenvalue weighted by Gasteiger charge is -2.07. The van der Waals surface area contributed by atoms with E-state index in [-0.39, 0.29) is 5.69 Å². The van der Waals surface area contributed by atoms with Crippen molar-refractivity contribution in [2.24, 2.45) is 0 Å². The van der Waals surface area contributed by atoms with Gasteiger partial charge in [-0.15, -0.1) is 0 Å². The molecule has 0 spiro atoms. The van der Waals surface area contributed by atoms with Crippen molar-refractivity contribution in [3.8, 4) is 0 Å². The second-order valence-corrected chi connectivity index (χ2v) is 2.84. The van der Waals surface area contributed by atoms with Crippen LogP contribution in [0.25, 0.3) is 0 Å². The molecule has 4 nitrogen and oxygen atoms in total. The van der Waals surface area contributed by atoms with Gasteiger partial charge in [0.25, 0.3) is 5.91 Å². The molecule has 0 unspecified atom stereocenters. The number of hydrogen-bond acceptors (Lipinski definition) is 3. The van der Waals surface area contributed by atoms with Gasteiger partial charge in [0, 0.05) is 6.92 Å². The number of Topliss-reactive ketones (excluding diaryl/α,β-unsaturated/α-hetero) is 1. The van der Waals surface area contributed by atoms with Gasteiger partial charge in [0.05, 0.1) is 5.69 Å². The van der Waals surface area contributed by atoms with E-state index < -0.39 is 29.0 Å². The molecule has 3 N–H and O–H groups in total. The van der Waals surface area contributed by atoms with Crippen LogP contribution in [0.5, 0.6) is 0 Å². The maximum absolute atomic E-state index is 13.1. The van der Waals surface area contributed by atoms with Gasteiger partial charge in [-0.05, 0) is 12.1 Å². The Labute approximate surface area is 84.1 Å². The summed E-state index contributed by atoms with van der Waals surface area (Å²) in [6.07, 6.45) is 0. The Kier molecular flexibility index (Phi) is 2.99. The van der Waals surface area contributed by atoms with Gasteiger partial charge in [-0.3, -0.25) is 9.59 Å². The SMILES string of the molecule is CC(=O)C(=O)Nc1c(N)ccc(F)c1F. The fraction of sp³-hybridized carbons (Fsp3) is 0.111. The Morgan fingerprint density at radius 2 is 1.93 bits per heavy atom. The molecule has 0 fully saturated rings. The fourth-order valence-corrected chi connectivity index (χ4v) is 0.894. The summed E-state index contributed by atoms with van der Waals surface area (Å²) in [5.41, 5.74) is 4.64. The Balaban J connectivity index is 3.09. The summed E-state index contributed by atoms with van der Waals surface area (Å²) >= 11 is 0. The van der Waals surface area contributed by atoms with Gasteiger partial charge in [0.2, 0.25) is 5.78 Å². The molecule has 0 aliphatic rings. The van der Waals surface area contributed by atoms with Crippen LogP contribution in [0.3, 0.4) is 0 Å². The first-order valence-corrected chi connectivity index (χ1v) is 3.99. The standard InChI is InChI=1S/C9H8F2N2O2/c1-4(14)9(15)13-8-6(12)3-2-5(10)7(8)11/h2-3H,12H2,1H3,(H,13,15). The molecule has 1 aromatic carbocycles. The van der Waals surface area contributed by atoms with E-state index in [2.05, 4.69) is 0 Å². The van der Waals surface area contributed by atoms with Crippen molar-refractivity contribution in [3.63, 3.8) is 0 Å². The molecule has 0 bridgehead atoms. The lowest BCUT2D eigenvalue weighted by molar-refractivity contribution is -0.133. The second-order valence-electron chi connectivity index (χ2n) is 2.84. The molecule has 0 aromatic heterocycles. The van der Waals surface area contributed by atoms with Crippen LogP contribution in [-0.2, 0) is 9.59 Å². The molecule has 0 saturated heterocycles. The van der Waals surface area contributed by atoms with Crippen molar-refractivity contribution in [3.05, 3.63) is 23.8 Å². The monoisotopic (exact) mass is 214 g/mol. The number of nitrogens with two attached hydrogens (primary N) is 1. The summed E-state index contributed by atoms with van der Waals surface area (Å²) in [5.74, 6) is -4.31. The normalized spacial score (nSPS) is 9.80. The maximum Gasteiger partial charge on any atom is 0.291 e. The van der Waals surface area contributed by atoms with E-state index in [0.717, 1.165) is 19.1 Å². The first-order valence-electron chi connectivity index (χ1n) is 3.99. The van der Waals surface area contributed by atoms with Gasteiger partial charge < -0.3 is 11.1 Å². The van der Waals surface area contributed by atoms with Crippen LogP contribution >= 0.6 is 0 Å². The zero-order valence-corrected chi connectivity index (χ0v) is 7.80. The van der Waals surface area contributed by atoms with Gasteiger partial charge in [-0.1, -0.05) is 0 Å². The van der Waals surface area contributed by atoms with E-state index in [1.807, 2.05) is 5.32 Å². The molecule has 15 heavy (non-hydrogen) atoms. The molecule has 0 atom stereocenters. The highest BCUT2D eigenvalue weighted by atomic mass is 19.2. The highest BCUT2D eigenvalue weighted by Gasteiger charge is 2.16. The Morgan fingerprint density at radius 1 is 1.33 bits per heavy atom. The van der Waals surface area contributed by atoms with Gasteiger partial charge >= 0.3 is 0 Å². The highest BCUT2D eigenvalue weighted by Crippen LogP contribution is 2.24. The van der Waals surface area contributed by atoms with Crippen LogP contribution in [0, 0.1) is 11.6 Å². The molecule has 80 valence electrons. The number of benzene rings is 1. The number of nitrogen functional groups attached to an aromatic ring is 1. The van der Waals surface area contributed by atoms with Gasteiger partial charge in [0.15, 0.2) is 11.6 Å². The Morgan fingerprint density at radius 3 is 2.47 bits per heavy atom. The van der Waals surface area contributed by atoms with E-state index in [4.69, 9.17) is 5.73 Å². The predicted molar refractivity (Wildman–Crippen MR) is 50.1 cm³/mol. The number of amides is 1. The third-order valence-electron chi connectivity index (χ3n) is 1.69. The molecule has 1 aromatic rings. The first-order chi connectivity index (χ1) is 6.93. The average molecular weight is 214 g/mol. The van der Waals surface area contributed by atoms with E-state index in [9.17, 15) is 18.4 Å². The maximum atomic E-state index is 13.1. The fourth-order valence-electron chi connectivity index (χ4n) is 0.894. The third kappa shape index (κ3) is 2.28. The van der Waals surface area contributed by atoms with E-state index in [1.165, 1.54) is 0 Å². The summed E-state index contributed by atoms with van der Waals surface area (Å²) < 4.78 is 25.8. The zero-order valence-electron chi connectivity index (χ0n) is 7.80. The number of hydrogen-bond donors (Lipinski definition) is 2. The van der Waals surface area contributed by atoms with E-state index in [0.29, 0.717) is 0 Å². The number of ketones is 1. The van der Waals surface area contributed by atoms with Crippen LogP contribution in [0.4, 0.5) is 20.2 Å². The van der Waals surface area contributed by atoms with Crippen molar-refractivity contribution in [1.29, 1.82) is 0 Å². The van der Waals surface area contributed by atoms with Crippen molar-refractivity contribution in [2.75, 3.05) is 11.1 Å². The molecule has 1 amide bonds. The first kappa shape index (κ1) is 11.1. The molecule has 0 heterocycles. The highest BCUT2D eigenvalue weighted by molar-refractivity contribution is 6.40. The summed E-state index contributed by atoms with van der Waals surface area (Å²) in [5, 5.41) is 1.89. The van der Waals surface area contributed by atoms with Crippen molar-refractivity contribution < 1.29 is 18.4 Å². The smallest absolute Gasteiger partial charge is 0.291 e. The number of nitrogens with one attached hydrogen (secondary N) is 1. The summed E-state index contributed by atoms with van der Waals surface area (Å²) in [7, 11) is 0. The Hall–Kier alpha value is -1.98. The minimum absolute atomic E-state index is 0.150. The number of rotatable bonds is 2. The molecule has 6 heteroatoms. The predicted octanol–water partition coefficient (Wildman–Crippen LogP) is 1.07. The molecular formula is C9H8F2N2O2. The number of halogens is 2. The summed E-state index contributed by atoms with van der Waals surface area (Å²) in [6.45, 7) is 1.00. The molecule has 0 saturated carbocycles. The number of carbonyl (C=O) groups is 2. The minimum Gasteiger partial charge on any atom is -0.397 e. The van der Waals surface area contributed by atoms with E-state index in [1.54, 1.807) is 0 Å². The molecule has 0 radical (unpaired) electrons. The van der Waals surface area contributed by atoms with Gasteiger partial charge in [-0.2, -0.15) is 0 Å². The molecular weight excluding hydrogens is 206 g/mol. The van der Waals surface area contributed by atoms with E-state index >= 15 is 0 Å². The van der Waals surface area contributed by atoms with Crippen LogP contribution in [0.15, 0.2) is 12.1 Å². The van der Waals surface area contributed by atoms with Crippen LogP contribution in [0.2, 0.25) is 0 Å². The Bertz CT molecular complexity index is 432. The summed E-state index contributed by atoms with van der Waals surface area (Å²) in [6, 6.07) is 1.92. The number of carbonyl (C=O) groups excluding carboxylic acids is 2. The lowest BCUT2D eigenvalue weighted by Crippen LogP contribution is -2.21. The topological polar surface area (TPSA) is 72.2 Å². The zero-order chi connectivity index (χ0) is 11.6. The molecule has 1 rings (SSSR count). The van der Waals surface area contributed by atoms with Crippen molar-refractivity contribution >= 4 is 23.1 Å².